The summed E-state index contributed by atoms with van der Waals surface area (Å²) >= 11 is 1.32. The predicted molar refractivity (Wildman–Crippen MR) is 325 cm³/mol. The molecule has 0 unspecified atom stereocenters. The predicted octanol–water partition coefficient (Wildman–Crippen LogP) is -3.41. The minimum atomic E-state index is -1.72. The van der Waals surface area contributed by atoms with E-state index in [9.17, 15) is 82.8 Å². The Hall–Kier alpha value is -8.33. The molecule has 22 N–H and O–H groups in total. The van der Waals surface area contributed by atoms with Gasteiger partial charge in [0.15, 0.2) is 5.96 Å². The lowest BCUT2D eigenvalue weighted by molar-refractivity contribution is -0.143. The van der Waals surface area contributed by atoms with Crippen molar-refractivity contribution in [3.8, 4) is 5.75 Å². The van der Waals surface area contributed by atoms with E-state index in [4.69, 9.17) is 22.6 Å². The lowest BCUT2D eigenvalue weighted by atomic mass is 9.99. The number of aliphatic carboxylic acids is 3. The Morgan fingerprint density at radius 1 is 0.596 bits per heavy atom. The quantitative estimate of drug-likeness (QED) is 0.0172. The van der Waals surface area contributed by atoms with Gasteiger partial charge in [0.2, 0.25) is 59.1 Å². The van der Waals surface area contributed by atoms with E-state index in [1.807, 2.05) is 0 Å². The lowest BCUT2D eigenvalue weighted by Crippen LogP contribution is -2.61. The fraction of sp³-hybridized carbons (Fsp3) is 0.643. The molecule has 10 amide bonds. The monoisotopic (exact) mass is 1280 g/mol. The molecule has 10 atom stereocenters. The van der Waals surface area contributed by atoms with Gasteiger partial charge >= 0.3 is 17.9 Å². The SMILES string of the molecule is CSCC[C@H](NC(=O)[C@H](CC(C)C)NC(=O)[C@H](CCC(N)=O)NC(=O)[C@H](Cc1ccc(O)cc1)NC(=O)[C@@H](NC(=O)[C@H](CCC(=O)O)NC(=O)[C@H](CC(=O)O)NC(=O)[C@@H]1CCCN1)C(C)C)C(=O)N[C@@H](CCCNC(=N)N)C(=O)N[C@@H](CCCCN)C(=O)O. The Morgan fingerprint density at radius 3 is 1.58 bits per heavy atom. The topological polar surface area (TPSA) is 537 Å². The first kappa shape index (κ1) is 76.8. The standard InChI is InChI=1S/C56H91N15O17S/c1-29(2)26-39(51(83)66-37(21-25-89-5)49(81)63-34(12-9-24-62-56(59)60)47(79)67-38(55(87)88)10-6-7-22-57)68-48(80)35(17-19-42(58)73)64-52(84)40(27-31-13-15-32(72)16-14-31)70-54(86)45(30(3)4)71-50(82)36(18-20-43(74)75)65-53(85)41(28-44(76)77)69-46(78)33-11-8-23-61-33/h13-16,29-30,33-41,45,61,72H,6-12,17-28,57H2,1-5H3,(H2,58,73)(H,63,81)(H,64,84)(H,65,85)(H,66,83)(H,67,79)(H,68,80)(H,69,78)(H,70,86)(H,71,82)(H,74,75)(H,76,77)(H,87,88)(H4,59,60,62)/t33-,34-,35-,36-,37-,38-,39-,40-,41-,45-/m0/s1. The Morgan fingerprint density at radius 2 is 1.09 bits per heavy atom. The third-order valence-corrected chi connectivity index (χ3v) is 14.6. The molecule has 32 nitrogen and oxygen atoms in total. The summed E-state index contributed by atoms with van der Waals surface area (Å²) < 4.78 is 0. The van der Waals surface area contributed by atoms with Crippen LogP contribution in [0, 0.1) is 17.2 Å². The number of hydrogen-bond acceptors (Lipinski definition) is 18. The number of carboxylic acid groups (broad SMARTS) is 3. The summed E-state index contributed by atoms with van der Waals surface area (Å²) in [5, 5.41) is 74.6. The molecule has 0 bridgehead atoms. The summed E-state index contributed by atoms with van der Waals surface area (Å²) in [6.45, 7) is 7.36. The van der Waals surface area contributed by atoms with Crippen LogP contribution in [0.4, 0.5) is 0 Å². The number of primary amides is 1. The number of benzene rings is 1. The highest BCUT2D eigenvalue weighted by Gasteiger charge is 2.37. The van der Waals surface area contributed by atoms with Gasteiger partial charge in [0.1, 0.15) is 60.1 Å². The van der Waals surface area contributed by atoms with Crippen LogP contribution in [0.3, 0.4) is 0 Å². The number of phenols is 1. The molecule has 0 radical (unpaired) electrons. The second-order valence-electron chi connectivity index (χ2n) is 22.3. The van der Waals surface area contributed by atoms with Crippen LogP contribution in [-0.2, 0) is 68.7 Å². The minimum Gasteiger partial charge on any atom is -0.508 e. The molecular weight excluding hydrogens is 1190 g/mol. The first-order valence-corrected chi connectivity index (χ1v) is 30.8. The summed E-state index contributed by atoms with van der Waals surface area (Å²) in [4.78, 5) is 174. The van der Waals surface area contributed by atoms with Gasteiger partial charge in [-0.1, -0.05) is 39.8 Å². The molecule has 33 heteroatoms. The van der Waals surface area contributed by atoms with Gasteiger partial charge in [0, 0.05) is 25.8 Å². The van der Waals surface area contributed by atoms with E-state index in [1.54, 1.807) is 20.1 Å². The van der Waals surface area contributed by atoms with Gasteiger partial charge in [-0.25, -0.2) is 4.79 Å². The number of guanidine groups is 1. The van der Waals surface area contributed by atoms with Gasteiger partial charge in [-0.15, -0.1) is 0 Å². The molecular formula is C56H91N15O17S. The van der Waals surface area contributed by atoms with Crippen LogP contribution in [0.5, 0.6) is 5.75 Å². The highest BCUT2D eigenvalue weighted by atomic mass is 32.2. The molecule has 89 heavy (non-hydrogen) atoms. The van der Waals surface area contributed by atoms with Crippen LogP contribution in [-0.4, -0.2) is 195 Å². The molecule has 1 fully saturated rings. The number of amides is 10. The van der Waals surface area contributed by atoms with Crippen molar-refractivity contribution in [3.05, 3.63) is 29.8 Å². The van der Waals surface area contributed by atoms with Gasteiger partial charge in [0.05, 0.1) is 12.5 Å². The van der Waals surface area contributed by atoms with E-state index >= 15 is 0 Å². The average Bonchev–Trinajstić information content (AvgIpc) is 2.92. The van der Waals surface area contributed by atoms with Crippen LogP contribution in [0.15, 0.2) is 24.3 Å². The average molecular weight is 1280 g/mol. The Kier molecular flexibility index (Phi) is 34.7. The van der Waals surface area contributed by atoms with Gasteiger partial charge in [-0.05, 0) is 125 Å². The zero-order valence-corrected chi connectivity index (χ0v) is 51.7. The number of unbranched alkanes of at least 4 members (excludes halogenated alkanes) is 1. The molecule has 0 spiro atoms. The van der Waals surface area contributed by atoms with Gasteiger partial charge in [-0.3, -0.25) is 62.9 Å². The second kappa shape index (κ2) is 40.3. The van der Waals surface area contributed by atoms with Crippen LogP contribution < -0.4 is 75.7 Å². The van der Waals surface area contributed by atoms with Crippen molar-refractivity contribution < 1.29 is 82.8 Å². The first-order valence-electron chi connectivity index (χ1n) is 29.4. The number of phenolic OH excluding ortho intramolecular Hbond substituents is 1. The molecule has 1 aromatic rings. The van der Waals surface area contributed by atoms with Crippen LogP contribution >= 0.6 is 11.8 Å². The van der Waals surface area contributed by atoms with E-state index in [-0.39, 0.29) is 69.2 Å². The largest absolute Gasteiger partial charge is 0.508 e. The van der Waals surface area contributed by atoms with Gasteiger partial charge < -0.3 is 96.1 Å². The summed E-state index contributed by atoms with van der Waals surface area (Å²) in [6, 6.07) is -8.98. The van der Waals surface area contributed by atoms with Gasteiger partial charge in [0.25, 0.3) is 0 Å². The molecule has 0 saturated carbocycles. The Labute approximate surface area is 520 Å². The number of carbonyl (C=O) groups excluding carboxylic acids is 10. The minimum absolute atomic E-state index is 0.00127. The third kappa shape index (κ3) is 30.0. The number of thioether (sulfide) groups is 1. The molecule has 1 heterocycles. The molecule has 1 aromatic carbocycles. The van der Waals surface area contributed by atoms with E-state index in [0.29, 0.717) is 43.5 Å². The van der Waals surface area contributed by atoms with Crippen molar-refractivity contribution in [3.63, 3.8) is 0 Å². The molecule has 0 aliphatic carbocycles. The maximum Gasteiger partial charge on any atom is 0.326 e. The van der Waals surface area contributed by atoms with Crippen molar-refractivity contribution >= 4 is 94.7 Å². The fourth-order valence-corrected chi connectivity index (χ4v) is 9.64. The smallest absolute Gasteiger partial charge is 0.326 e. The molecule has 2 rings (SSSR count). The highest BCUT2D eigenvalue weighted by molar-refractivity contribution is 7.98. The van der Waals surface area contributed by atoms with Crippen molar-refractivity contribution in [2.45, 2.75) is 184 Å². The lowest BCUT2D eigenvalue weighted by Gasteiger charge is -2.29. The number of carbonyl (C=O) groups is 13. The van der Waals surface area contributed by atoms with E-state index < -0.39 is 175 Å². The van der Waals surface area contributed by atoms with Gasteiger partial charge in [-0.2, -0.15) is 11.8 Å². The molecule has 1 aliphatic rings. The zero-order chi connectivity index (χ0) is 66.9. The molecule has 1 saturated heterocycles. The molecule has 1 aliphatic heterocycles. The fourth-order valence-electron chi connectivity index (χ4n) is 9.17. The number of rotatable bonds is 43. The number of hydrogen-bond donors (Lipinski definition) is 19. The number of nitrogens with two attached hydrogens (primary N) is 3. The summed E-state index contributed by atoms with van der Waals surface area (Å²) in [7, 11) is 0. The van der Waals surface area contributed by atoms with Crippen LogP contribution in [0.1, 0.15) is 123 Å². The van der Waals surface area contributed by atoms with E-state index in [2.05, 4.69) is 58.5 Å². The highest BCUT2D eigenvalue weighted by Crippen LogP contribution is 2.16. The van der Waals surface area contributed by atoms with Crippen LogP contribution in [0.2, 0.25) is 0 Å². The third-order valence-electron chi connectivity index (χ3n) is 14.0. The summed E-state index contributed by atoms with van der Waals surface area (Å²) in [5.41, 5.74) is 16.8. The Balaban J connectivity index is 2.53. The summed E-state index contributed by atoms with van der Waals surface area (Å²) in [6.07, 6.45) is 0.287. The second-order valence-corrected chi connectivity index (χ2v) is 23.3. The zero-order valence-electron chi connectivity index (χ0n) is 50.9. The number of carboxylic acids is 3. The molecule has 498 valence electrons. The number of nitrogens with one attached hydrogen (secondary N) is 12. The van der Waals surface area contributed by atoms with Crippen LogP contribution in [0.25, 0.3) is 0 Å². The van der Waals surface area contributed by atoms with Crippen molar-refractivity contribution in [1.82, 2.24) is 58.5 Å². The summed E-state index contributed by atoms with van der Waals surface area (Å²) in [5.74, 6) is -15.0. The van der Waals surface area contributed by atoms with Crippen molar-refractivity contribution in [2.75, 3.05) is 31.6 Å². The van der Waals surface area contributed by atoms with Crippen molar-refractivity contribution in [1.29, 1.82) is 5.41 Å². The maximum absolute atomic E-state index is 14.6. The Bertz CT molecular complexity index is 2590. The van der Waals surface area contributed by atoms with E-state index in [1.165, 1.54) is 49.9 Å². The normalized spacial score (nSPS) is 15.8. The van der Waals surface area contributed by atoms with E-state index in [0.717, 1.165) is 0 Å². The number of aromatic hydroxyl groups is 1. The maximum atomic E-state index is 14.6. The van der Waals surface area contributed by atoms with Crippen molar-refractivity contribution in [2.24, 2.45) is 29.0 Å². The molecule has 0 aromatic heterocycles. The first-order chi connectivity index (χ1) is 42.0.